The van der Waals surface area contributed by atoms with Gasteiger partial charge in [-0.15, -0.1) is 0 Å². The van der Waals surface area contributed by atoms with Crippen LogP contribution in [0.15, 0.2) is 9.59 Å². The Hall–Kier alpha value is -1.36. The van der Waals surface area contributed by atoms with Gasteiger partial charge < -0.3 is 15.7 Å². The Bertz CT molecular complexity index is 352. The molecule has 0 aliphatic rings. The van der Waals surface area contributed by atoms with Crippen molar-refractivity contribution in [3.63, 3.8) is 0 Å². The molecule has 0 bridgehead atoms. The van der Waals surface area contributed by atoms with E-state index >= 15 is 0 Å². The topological polar surface area (TPSA) is 78.4 Å². The van der Waals surface area contributed by atoms with Crippen LogP contribution in [-0.4, -0.2) is 24.8 Å². The molecule has 0 heterocycles. The Kier molecular flexibility index (Phi) is 3.02. The largest absolute Gasteiger partial charge is 0.395 e. The van der Waals surface area contributed by atoms with Gasteiger partial charge in [-0.1, -0.05) is 0 Å². The number of hydrogen-bond donors (Lipinski definition) is 3. The first-order valence-corrected chi connectivity index (χ1v) is 4.14. The van der Waals surface area contributed by atoms with Crippen LogP contribution in [0.5, 0.6) is 0 Å². The quantitative estimate of drug-likeness (QED) is 0.518. The highest BCUT2D eigenvalue weighted by Gasteiger charge is 2.18. The molecule has 0 atom stereocenters. The molecule has 0 spiro atoms. The third kappa shape index (κ3) is 1.70. The SMILES string of the molecule is CCNc1c(NCCO)c(=O)c1=O. The Balaban J connectivity index is 2.76. The van der Waals surface area contributed by atoms with Crippen LogP contribution in [0.25, 0.3) is 0 Å². The first-order chi connectivity index (χ1) is 6.22. The summed E-state index contributed by atoms with van der Waals surface area (Å²) in [6.07, 6.45) is 0. The van der Waals surface area contributed by atoms with Crippen molar-refractivity contribution >= 4 is 11.4 Å². The molecular weight excluding hydrogens is 172 g/mol. The van der Waals surface area contributed by atoms with E-state index in [4.69, 9.17) is 5.11 Å². The second-order valence-corrected chi connectivity index (χ2v) is 2.59. The van der Waals surface area contributed by atoms with Crippen LogP contribution in [0, 0.1) is 0 Å². The molecule has 0 saturated heterocycles. The molecule has 0 radical (unpaired) electrons. The average Bonchev–Trinajstić information content (AvgIpc) is 2.16. The lowest BCUT2D eigenvalue weighted by Crippen LogP contribution is -2.37. The van der Waals surface area contributed by atoms with Crippen molar-refractivity contribution in [2.24, 2.45) is 0 Å². The van der Waals surface area contributed by atoms with E-state index in [1.54, 1.807) is 0 Å². The zero-order valence-electron chi connectivity index (χ0n) is 7.39. The van der Waals surface area contributed by atoms with Gasteiger partial charge in [0.05, 0.1) is 6.61 Å². The maximum absolute atomic E-state index is 11.0. The van der Waals surface area contributed by atoms with Gasteiger partial charge in [0.2, 0.25) is 0 Å². The molecule has 0 aliphatic heterocycles. The molecule has 0 aromatic heterocycles. The average molecular weight is 184 g/mol. The fraction of sp³-hybridized carbons (Fsp3) is 0.500. The highest BCUT2D eigenvalue weighted by Crippen LogP contribution is 2.12. The van der Waals surface area contributed by atoms with E-state index in [0.717, 1.165) is 0 Å². The van der Waals surface area contributed by atoms with E-state index in [1.165, 1.54) is 0 Å². The van der Waals surface area contributed by atoms with E-state index < -0.39 is 10.9 Å². The summed E-state index contributed by atoms with van der Waals surface area (Å²) in [6, 6.07) is 0. The lowest BCUT2D eigenvalue weighted by atomic mass is 10.2. The maximum atomic E-state index is 11.0. The third-order valence-corrected chi connectivity index (χ3v) is 1.68. The normalized spacial score (nSPS) is 10.3. The van der Waals surface area contributed by atoms with Crippen molar-refractivity contribution in [1.82, 2.24) is 0 Å². The number of nitrogens with one attached hydrogen (secondary N) is 2. The summed E-state index contributed by atoms with van der Waals surface area (Å²) in [6.45, 7) is 2.65. The number of rotatable bonds is 5. The van der Waals surface area contributed by atoms with Gasteiger partial charge in [-0.2, -0.15) is 0 Å². The molecule has 0 fully saturated rings. The van der Waals surface area contributed by atoms with Gasteiger partial charge in [0, 0.05) is 13.1 Å². The summed E-state index contributed by atoms with van der Waals surface area (Å²) in [4.78, 5) is 21.9. The predicted octanol–water partition coefficient (Wildman–Crippen LogP) is -0.881. The van der Waals surface area contributed by atoms with Crippen LogP contribution in [-0.2, 0) is 0 Å². The summed E-state index contributed by atoms with van der Waals surface area (Å²) in [5.41, 5.74) is -0.367. The van der Waals surface area contributed by atoms with Crippen molar-refractivity contribution in [1.29, 1.82) is 0 Å². The van der Waals surface area contributed by atoms with Gasteiger partial charge in [-0.25, -0.2) is 0 Å². The molecule has 5 heteroatoms. The Morgan fingerprint density at radius 2 is 1.69 bits per heavy atom. The molecule has 0 saturated carbocycles. The number of aliphatic hydroxyl groups excluding tert-OH is 1. The maximum Gasteiger partial charge on any atom is 0.253 e. The van der Waals surface area contributed by atoms with Crippen molar-refractivity contribution in [2.75, 3.05) is 30.3 Å². The lowest BCUT2D eigenvalue weighted by Gasteiger charge is -2.12. The minimum Gasteiger partial charge on any atom is -0.395 e. The van der Waals surface area contributed by atoms with Crippen LogP contribution >= 0.6 is 0 Å². The molecule has 13 heavy (non-hydrogen) atoms. The minimum atomic E-state index is -0.510. The van der Waals surface area contributed by atoms with Crippen LogP contribution in [0.2, 0.25) is 0 Å². The monoisotopic (exact) mass is 184 g/mol. The van der Waals surface area contributed by atoms with Crippen molar-refractivity contribution in [3.05, 3.63) is 20.4 Å². The van der Waals surface area contributed by atoms with E-state index in [0.29, 0.717) is 17.9 Å². The van der Waals surface area contributed by atoms with Gasteiger partial charge in [-0.05, 0) is 6.92 Å². The summed E-state index contributed by atoms with van der Waals surface area (Å²) >= 11 is 0. The van der Waals surface area contributed by atoms with Crippen LogP contribution in [0.3, 0.4) is 0 Å². The molecule has 1 aromatic carbocycles. The molecule has 3 N–H and O–H groups in total. The molecule has 5 nitrogen and oxygen atoms in total. The molecule has 0 amide bonds. The number of anilines is 2. The first kappa shape index (κ1) is 9.73. The Morgan fingerprint density at radius 3 is 2.15 bits per heavy atom. The smallest absolute Gasteiger partial charge is 0.253 e. The minimum absolute atomic E-state index is 0.0651. The zero-order chi connectivity index (χ0) is 9.84. The van der Waals surface area contributed by atoms with Gasteiger partial charge in [0.25, 0.3) is 10.9 Å². The summed E-state index contributed by atoms with van der Waals surface area (Å²) < 4.78 is 0. The fourth-order valence-corrected chi connectivity index (χ4v) is 1.09. The molecular formula is C8H12N2O3. The highest BCUT2D eigenvalue weighted by atomic mass is 16.3. The molecule has 0 unspecified atom stereocenters. The van der Waals surface area contributed by atoms with Crippen LogP contribution < -0.4 is 21.5 Å². The Labute approximate surface area is 75.1 Å². The lowest BCUT2D eigenvalue weighted by molar-refractivity contribution is 0.311. The first-order valence-electron chi connectivity index (χ1n) is 4.14. The van der Waals surface area contributed by atoms with E-state index in [9.17, 15) is 9.59 Å². The van der Waals surface area contributed by atoms with Gasteiger partial charge in [0.15, 0.2) is 0 Å². The molecule has 1 rings (SSSR count). The second-order valence-electron chi connectivity index (χ2n) is 2.59. The van der Waals surface area contributed by atoms with Gasteiger partial charge >= 0.3 is 0 Å². The van der Waals surface area contributed by atoms with E-state index in [1.807, 2.05) is 6.92 Å². The van der Waals surface area contributed by atoms with Crippen molar-refractivity contribution < 1.29 is 5.11 Å². The number of hydrogen-bond acceptors (Lipinski definition) is 5. The highest BCUT2D eigenvalue weighted by molar-refractivity contribution is 5.73. The zero-order valence-corrected chi connectivity index (χ0v) is 7.39. The number of aliphatic hydroxyl groups is 1. The molecule has 72 valence electrons. The van der Waals surface area contributed by atoms with Gasteiger partial charge in [-0.3, -0.25) is 9.59 Å². The second kappa shape index (κ2) is 4.04. The third-order valence-electron chi connectivity index (χ3n) is 1.68. The summed E-state index contributed by atoms with van der Waals surface area (Å²) in [5.74, 6) is 0. The van der Waals surface area contributed by atoms with Gasteiger partial charge in [0.1, 0.15) is 11.4 Å². The van der Waals surface area contributed by atoms with Crippen molar-refractivity contribution in [2.45, 2.75) is 6.92 Å². The molecule has 1 aromatic rings. The van der Waals surface area contributed by atoms with E-state index in [2.05, 4.69) is 10.6 Å². The molecule has 0 aliphatic carbocycles. The summed E-state index contributed by atoms with van der Waals surface area (Å²) in [7, 11) is 0. The van der Waals surface area contributed by atoms with E-state index in [-0.39, 0.29) is 13.2 Å². The predicted molar refractivity (Wildman–Crippen MR) is 51.1 cm³/mol. The Morgan fingerprint density at radius 1 is 1.15 bits per heavy atom. The van der Waals surface area contributed by atoms with Crippen molar-refractivity contribution in [3.8, 4) is 0 Å². The summed E-state index contributed by atoms with van der Waals surface area (Å²) in [5, 5.41) is 14.0. The van der Waals surface area contributed by atoms with Crippen LogP contribution in [0.4, 0.5) is 11.4 Å². The van der Waals surface area contributed by atoms with Crippen LogP contribution in [0.1, 0.15) is 6.92 Å². The standard InChI is InChI=1S/C8H12N2O3/c1-2-9-5-6(10-3-4-11)8(13)7(5)12/h9-11H,2-4H2,1H3. The fourth-order valence-electron chi connectivity index (χ4n) is 1.09.